The quantitative estimate of drug-likeness (QED) is 0.840. The van der Waals surface area contributed by atoms with Crippen LogP contribution in [-0.2, 0) is 11.2 Å². The molecule has 92 valence electrons. The molecule has 0 amide bonds. The number of hydrogen-bond acceptors (Lipinski definition) is 3. The van der Waals surface area contributed by atoms with Crippen LogP contribution in [0.5, 0.6) is 0 Å². The molecule has 3 atom stereocenters. The highest BCUT2D eigenvalue weighted by atomic mass is 35.5. The maximum Gasteiger partial charge on any atom is 0.131 e. The Bertz CT molecular complexity index is 395. The minimum Gasteiger partial charge on any atom is -0.373 e. The molecule has 0 aromatic carbocycles. The third kappa shape index (κ3) is 2.58. The normalized spacial score (nSPS) is 31.8. The number of fused-ring (bicyclic) bond motifs is 1. The fraction of sp³-hybridized carbons (Fsp3) is 0.583. The summed E-state index contributed by atoms with van der Waals surface area (Å²) in [6, 6.07) is 4.25. The van der Waals surface area contributed by atoms with E-state index in [0.29, 0.717) is 22.5 Å². The first-order chi connectivity index (χ1) is 8.20. The summed E-state index contributed by atoms with van der Waals surface area (Å²) in [6.07, 6.45) is 3.72. The van der Waals surface area contributed by atoms with Crippen LogP contribution in [0.3, 0.4) is 0 Å². The number of halogens is 2. The smallest absolute Gasteiger partial charge is 0.131 e. The molecule has 1 aromatic heterocycles. The second kappa shape index (κ2) is 4.73. The molecular formula is C12H14Cl2N2O. The number of rotatable bonds is 2. The number of hydrogen-bond donors (Lipinski definition) is 1. The van der Waals surface area contributed by atoms with Gasteiger partial charge in [0, 0.05) is 6.04 Å². The summed E-state index contributed by atoms with van der Waals surface area (Å²) < 4.78 is 6.00. The Hall–Kier alpha value is -0.350. The standard InChI is InChI=1S/C12H14Cl2N2O/c13-11-4-7(5-12(14)16-11)3-8-6-9-10(17-8)1-2-15-9/h4-5,8-10,15H,1-3,6H2. The van der Waals surface area contributed by atoms with Gasteiger partial charge in [-0.2, -0.15) is 0 Å². The predicted molar refractivity (Wildman–Crippen MR) is 67.6 cm³/mol. The maximum absolute atomic E-state index is 6.00. The number of aromatic nitrogens is 1. The highest BCUT2D eigenvalue weighted by molar-refractivity contribution is 6.32. The van der Waals surface area contributed by atoms with Crippen molar-refractivity contribution >= 4 is 23.2 Å². The molecule has 1 aromatic rings. The number of nitrogens with one attached hydrogen (secondary N) is 1. The van der Waals surface area contributed by atoms with E-state index >= 15 is 0 Å². The third-order valence-corrected chi connectivity index (χ3v) is 3.84. The Kier molecular flexibility index (Phi) is 3.26. The molecular weight excluding hydrogens is 259 g/mol. The van der Waals surface area contributed by atoms with E-state index in [4.69, 9.17) is 27.9 Å². The van der Waals surface area contributed by atoms with E-state index in [9.17, 15) is 0 Å². The van der Waals surface area contributed by atoms with Crippen molar-refractivity contribution in [2.24, 2.45) is 0 Å². The van der Waals surface area contributed by atoms with Gasteiger partial charge in [-0.15, -0.1) is 0 Å². The summed E-state index contributed by atoms with van der Waals surface area (Å²) in [7, 11) is 0. The van der Waals surface area contributed by atoms with Crippen LogP contribution in [0.2, 0.25) is 10.3 Å². The molecule has 2 saturated heterocycles. The first-order valence-corrected chi connectivity index (χ1v) is 6.67. The number of nitrogens with zero attached hydrogens (tertiary/aromatic N) is 1. The fourth-order valence-corrected chi connectivity index (χ4v) is 3.26. The summed E-state index contributed by atoms with van der Waals surface area (Å²) in [5.41, 5.74) is 1.10. The lowest BCUT2D eigenvalue weighted by Gasteiger charge is -2.12. The molecule has 3 nitrogen and oxygen atoms in total. The summed E-state index contributed by atoms with van der Waals surface area (Å²) in [5.74, 6) is 0. The summed E-state index contributed by atoms with van der Waals surface area (Å²) in [5, 5.41) is 4.36. The molecule has 0 saturated carbocycles. The average molecular weight is 273 g/mol. The van der Waals surface area contributed by atoms with Crippen LogP contribution in [0.1, 0.15) is 18.4 Å². The Balaban J connectivity index is 1.67. The zero-order chi connectivity index (χ0) is 11.8. The number of pyridine rings is 1. The molecule has 0 radical (unpaired) electrons. The maximum atomic E-state index is 6.00. The van der Waals surface area contributed by atoms with Crippen molar-refractivity contribution in [2.75, 3.05) is 6.54 Å². The van der Waals surface area contributed by atoms with E-state index in [1.165, 1.54) is 0 Å². The SMILES string of the molecule is Clc1cc(CC2CC3NCCC3O2)cc(Cl)n1. The molecule has 2 fully saturated rings. The zero-order valence-corrected chi connectivity index (χ0v) is 10.8. The lowest BCUT2D eigenvalue weighted by Crippen LogP contribution is -2.25. The Morgan fingerprint density at radius 3 is 2.82 bits per heavy atom. The van der Waals surface area contributed by atoms with E-state index in [0.717, 1.165) is 31.4 Å². The van der Waals surface area contributed by atoms with Crippen LogP contribution in [0.25, 0.3) is 0 Å². The second-order valence-corrected chi connectivity index (χ2v) is 5.48. The Morgan fingerprint density at radius 1 is 1.35 bits per heavy atom. The lowest BCUT2D eigenvalue weighted by atomic mass is 10.0. The van der Waals surface area contributed by atoms with Gasteiger partial charge in [-0.3, -0.25) is 0 Å². The van der Waals surface area contributed by atoms with E-state index in [-0.39, 0.29) is 6.10 Å². The van der Waals surface area contributed by atoms with E-state index < -0.39 is 0 Å². The molecule has 0 spiro atoms. The highest BCUT2D eigenvalue weighted by Crippen LogP contribution is 2.29. The monoisotopic (exact) mass is 272 g/mol. The molecule has 2 aliphatic heterocycles. The van der Waals surface area contributed by atoms with Gasteiger partial charge in [-0.1, -0.05) is 23.2 Å². The van der Waals surface area contributed by atoms with Crippen molar-refractivity contribution in [3.05, 3.63) is 28.0 Å². The van der Waals surface area contributed by atoms with E-state index in [1.54, 1.807) is 0 Å². The Morgan fingerprint density at radius 2 is 2.12 bits per heavy atom. The molecule has 1 N–H and O–H groups in total. The van der Waals surface area contributed by atoms with E-state index in [2.05, 4.69) is 10.3 Å². The van der Waals surface area contributed by atoms with Gasteiger partial charge in [-0.05, 0) is 43.5 Å². The van der Waals surface area contributed by atoms with Crippen molar-refractivity contribution < 1.29 is 4.74 Å². The minimum atomic E-state index is 0.271. The average Bonchev–Trinajstić information content (AvgIpc) is 2.75. The van der Waals surface area contributed by atoms with Gasteiger partial charge >= 0.3 is 0 Å². The largest absolute Gasteiger partial charge is 0.373 e. The fourth-order valence-electron chi connectivity index (χ4n) is 2.75. The minimum absolute atomic E-state index is 0.271. The van der Waals surface area contributed by atoms with Gasteiger partial charge in [-0.25, -0.2) is 4.98 Å². The van der Waals surface area contributed by atoms with Crippen LogP contribution >= 0.6 is 23.2 Å². The first-order valence-electron chi connectivity index (χ1n) is 5.91. The molecule has 3 heterocycles. The van der Waals surface area contributed by atoms with Crippen molar-refractivity contribution in [2.45, 2.75) is 37.5 Å². The van der Waals surface area contributed by atoms with Crippen molar-refractivity contribution in [1.82, 2.24) is 10.3 Å². The predicted octanol–water partition coefficient (Wildman–Crippen LogP) is 2.45. The van der Waals surface area contributed by atoms with Crippen LogP contribution < -0.4 is 5.32 Å². The van der Waals surface area contributed by atoms with Gasteiger partial charge in [0.05, 0.1) is 12.2 Å². The number of ether oxygens (including phenoxy) is 1. The van der Waals surface area contributed by atoms with Crippen molar-refractivity contribution in [3.63, 3.8) is 0 Å². The molecule has 3 unspecified atom stereocenters. The Labute approximate surface area is 110 Å². The van der Waals surface area contributed by atoms with Gasteiger partial charge in [0.2, 0.25) is 0 Å². The molecule has 0 aliphatic carbocycles. The summed E-state index contributed by atoms with van der Waals surface area (Å²) in [6.45, 7) is 1.08. The van der Waals surface area contributed by atoms with Crippen LogP contribution in [-0.4, -0.2) is 29.8 Å². The van der Waals surface area contributed by atoms with Gasteiger partial charge in [0.1, 0.15) is 10.3 Å². The molecule has 5 heteroatoms. The van der Waals surface area contributed by atoms with Crippen molar-refractivity contribution in [3.8, 4) is 0 Å². The zero-order valence-electron chi connectivity index (χ0n) is 9.33. The van der Waals surface area contributed by atoms with Crippen LogP contribution in [0.4, 0.5) is 0 Å². The van der Waals surface area contributed by atoms with Crippen LogP contribution in [0, 0.1) is 0 Å². The molecule has 3 rings (SSSR count). The summed E-state index contributed by atoms with van der Waals surface area (Å²) >= 11 is 11.8. The van der Waals surface area contributed by atoms with Crippen LogP contribution in [0.15, 0.2) is 12.1 Å². The third-order valence-electron chi connectivity index (χ3n) is 3.45. The van der Waals surface area contributed by atoms with Crippen molar-refractivity contribution in [1.29, 1.82) is 0 Å². The lowest BCUT2D eigenvalue weighted by molar-refractivity contribution is 0.0470. The van der Waals surface area contributed by atoms with Gasteiger partial charge in [0.15, 0.2) is 0 Å². The molecule has 17 heavy (non-hydrogen) atoms. The topological polar surface area (TPSA) is 34.1 Å². The molecule has 2 aliphatic rings. The summed E-state index contributed by atoms with van der Waals surface area (Å²) in [4.78, 5) is 3.94. The highest BCUT2D eigenvalue weighted by Gasteiger charge is 2.37. The van der Waals surface area contributed by atoms with E-state index in [1.807, 2.05) is 12.1 Å². The van der Waals surface area contributed by atoms with Gasteiger partial charge < -0.3 is 10.1 Å². The first kappa shape index (κ1) is 11.7. The second-order valence-electron chi connectivity index (χ2n) is 4.71. The molecule has 0 bridgehead atoms. The van der Waals surface area contributed by atoms with Gasteiger partial charge in [0.25, 0.3) is 0 Å².